The van der Waals surface area contributed by atoms with Gasteiger partial charge in [0.05, 0.1) is 5.41 Å². The van der Waals surface area contributed by atoms with Crippen LogP contribution in [0.5, 0.6) is 0 Å². The molecule has 0 bridgehead atoms. The predicted octanol–water partition coefficient (Wildman–Crippen LogP) is 1.78. The summed E-state index contributed by atoms with van der Waals surface area (Å²) < 4.78 is 0. The Hall–Kier alpha value is -1.59. The summed E-state index contributed by atoms with van der Waals surface area (Å²) in [6.07, 6.45) is 0. The third kappa shape index (κ3) is 4.83. The summed E-state index contributed by atoms with van der Waals surface area (Å²) in [6.45, 7) is 6.29. The molecule has 4 N–H and O–H groups in total. The van der Waals surface area contributed by atoms with Gasteiger partial charge in [-0.05, 0) is 45.0 Å². The van der Waals surface area contributed by atoms with Gasteiger partial charge in [-0.2, -0.15) is 0 Å². The topological polar surface area (TPSA) is 84.2 Å². The minimum absolute atomic E-state index is 0. The Balaban J connectivity index is 0.00000361. The summed E-state index contributed by atoms with van der Waals surface area (Å²) in [5.41, 5.74) is 6.15. The van der Waals surface area contributed by atoms with Gasteiger partial charge in [0, 0.05) is 24.3 Å². The lowest BCUT2D eigenvalue weighted by molar-refractivity contribution is -0.123. The molecule has 0 heterocycles. The van der Waals surface area contributed by atoms with Crippen LogP contribution >= 0.6 is 12.4 Å². The second kappa shape index (κ2) is 7.87. The second-order valence-electron chi connectivity index (χ2n) is 4.98. The van der Waals surface area contributed by atoms with Crippen molar-refractivity contribution < 1.29 is 9.59 Å². The summed E-state index contributed by atoms with van der Waals surface area (Å²) in [5.74, 6) is -0.261. The van der Waals surface area contributed by atoms with E-state index in [1.54, 1.807) is 38.1 Å². The third-order valence-electron chi connectivity index (χ3n) is 2.87. The fourth-order valence-corrected chi connectivity index (χ4v) is 1.36. The molecule has 1 rings (SSSR count). The maximum absolute atomic E-state index is 11.9. The van der Waals surface area contributed by atoms with Crippen molar-refractivity contribution in [1.29, 1.82) is 0 Å². The number of rotatable bonds is 5. The van der Waals surface area contributed by atoms with E-state index in [0.29, 0.717) is 17.8 Å². The van der Waals surface area contributed by atoms with Crippen molar-refractivity contribution >= 4 is 29.9 Å². The SMILES string of the molecule is CCNC(=O)c1ccc(NC(=O)C(C)(C)CN)cc1.Cl. The Kier molecular flexibility index (Phi) is 7.24. The van der Waals surface area contributed by atoms with Crippen LogP contribution in [-0.2, 0) is 4.79 Å². The Bertz CT molecular complexity index is 458. The number of anilines is 1. The molecule has 2 amide bonds. The van der Waals surface area contributed by atoms with Crippen molar-refractivity contribution in [2.24, 2.45) is 11.1 Å². The molecule has 0 spiro atoms. The van der Waals surface area contributed by atoms with E-state index in [9.17, 15) is 9.59 Å². The van der Waals surface area contributed by atoms with Crippen LogP contribution in [0.1, 0.15) is 31.1 Å². The van der Waals surface area contributed by atoms with Crippen molar-refractivity contribution in [2.75, 3.05) is 18.4 Å². The summed E-state index contributed by atoms with van der Waals surface area (Å²) >= 11 is 0. The number of hydrogen-bond donors (Lipinski definition) is 3. The molecule has 0 atom stereocenters. The molecule has 0 aliphatic heterocycles. The Morgan fingerprint density at radius 3 is 2.20 bits per heavy atom. The summed E-state index contributed by atoms with van der Waals surface area (Å²) in [7, 11) is 0. The fourth-order valence-electron chi connectivity index (χ4n) is 1.36. The third-order valence-corrected chi connectivity index (χ3v) is 2.87. The minimum atomic E-state index is -0.613. The number of hydrogen-bond acceptors (Lipinski definition) is 3. The van der Waals surface area contributed by atoms with Crippen LogP contribution in [0.4, 0.5) is 5.69 Å². The minimum Gasteiger partial charge on any atom is -0.352 e. The quantitative estimate of drug-likeness (QED) is 0.775. The summed E-state index contributed by atoms with van der Waals surface area (Å²) in [4.78, 5) is 23.5. The molecule has 0 radical (unpaired) electrons. The zero-order valence-corrected chi connectivity index (χ0v) is 12.8. The summed E-state index contributed by atoms with van der Waals surface area (Å²) in [6, 6.07) is 6.76. The first-order valence-corrected chi connectivity index (χ1v) is 6.30. The molecule has 0 aliphatic rings. The first-order valence-electron chi connectivity index (χ1n) is 6.30. The molecule has 1 aromatic carbocycles. The smallest absolute Gasteiger partial charge is 0.251 e. The fraction of sp³-hybridized carbons (Fsp3) is 0.429. The van der Waals surface area contributed by atoms with Crippen molar-refractivity contribution in [2.45, 2.75) is 20.8 Å². The number of carbonyl (C=O) groups excluding carboxylic acids is 2. The molecular formula is C14H22ClN3O2. The lowest BCUT2D eigenvalue weighted by atomic mass is 9.92. The van der Waals surface area contributed by atoms with Crippen LogP contribution in [-0.4, -0.2) is 24.9 Å². The largest absolute Gasteiger partial charge is 0.352 e. The average Bonchev–Trinajstić information content (AvgIpc) is 2.39. The molecule has 1 aromatic rings. The number of nitrogens with two attached hydrogens (primary N) is 1. The van der Waals surface area contributed by atoms with Crippen LogP contribution in [0.25, 0.3) is 0 Å². The highest BCUT2D eigenvalue weighted by Gasteiger charge is 2.25. The standard InChI is InChI=1S/C14H21N3O2.ClH/c1-4-16-12(18)10-5-7-11(8-6-10)17-13(19)14(2,3)9-15;/h5-8H,4,9,15H2,1-3H3,(H,16,18)(H,17,19);1H. The zero-order valence-electron chi connectivity index (χ0n) is 12.0. The van der Waals surface area contributed by atoms with E-state index >= 15 is 0 Å². The highest BCUT2D eigenvalue weighted by Crippen LogP contribution is 2.17. The first-order chi connectivity index (χ1) is 8.90. The van der Waals surface area contributed by atoms with E-state index in [4.69, 9.17) is 5.73 Å². The molecule has 112 valence electrons. The Labute approximate surface area is 125 Å². The molecule has 5 nitrogen and oxygen atoms in total. The van der Waals surface area contributed by atoms with Gasteiger partial charge in [-0.1, -0.05) is 0 Å². The molecule has 0 saturated carbocycles. The molecule has 0 unspecified atom stereocenters. The van der Waals surface area contributed by atoms with E-state index in [1.807, 2.05) is 6.92 Å². The van der Waals surface area contributed by atoms with Crippen molar-refractivity contribution in [3.05, 3.63) is 29.8 Å². The molecule has 0 saturated heterocycles. The van der Waals surface area contributed by atoms with E-state index < -0.39 is 5.41 Å². The van der Waals surface area contributed by atoms with Gasteiger partial charge < -0.3 is 16.4 Å². The maximum atomic E-state index is 11.9. The van der Waals surface area contributed by atoms with Crippen LogP contribution < -0.4 is 16.4 Å². The van der Waals surface area contributed by atoms with E-state index in [0.717, 1.165) is 0 Å². The second-order valence-corrected chi connectivity index (χ2v) is 4.98. The molecule has 0 aliphatic carbocycles. The average molecular weight is 300 g/mol. The van der Waals surface area contributed by atoms with Gasteiger partial charge in [0.15, 0.2) is 0 Å². The number of halogens is 1. The Morgan fingerprint density at radius 2 is 1.75 bits per heavy atom. The molecule has 6 heteroatoms. The monoisotopic (exact) mass is 299 g/mol. The molecule has 0 aromatic heterocycles. The van der Waals surface area contributed by atoms with Gasteiger partial charge in [-0.15, -0.1) is 12.4 Å². The highest BCUT2D eigenvalue weighted by molar-refractivity contribution is 5.97. The van der Waals surface area contributed by atoms with Crippen molar-refractivity contribution in [3.63, 3.8) is 0 Å². The Morgan fingerprint density at radius 1 is 1.20 bits per heavy atom. The van der Waals surface area contributed by atoms with Crippen molar-refractivity contribution in [3.8, 4) is 0 Å². The number of benzene rings is 1. The van der Waals surface area contributed by atoms with Gasteiger partial charge >= 0.3 is 0 Å². The van der Waals surface area contributed by atoms with Crippen LogP contribution in [0, 0.1) is 5.41 Å². The number of nitrogens with one attached hydrogen (secondary N) is 2. The van der Waals surface area contributed by atoms with Gasteiger partial charge in [0.25, 0.3) is 5.91 Å². The number of carbonyl (C=O) groups is 2. The summed E-state index contributed by atoms with van der Waals surface area (Å²) in [5, 5.41) is 5.49. The molecule has 0 fully saturated rings. The van der Waals surface area contributed by atoms with Crippen LogP contribution in [0.2, 0.25) is 0 Å². The first kappa shape index (κ1) is 18.4. The van der Waals surface area contributed by atoms with Gasteiger partial charge in [0.2, 0.25) is 5.91 Å². The van der Waals surface area contributed by atoms with E-state index in [2.05, 4.69) is 10.6 Å². The lowest BCUT2D eigenvalue weighted by Gasteiger charge is -2.21. The van der Waals surface area contributed by atoms with Gasteiger partial charge in [-0.3, -0.25) is 9.59 Å². The number of amides is 2. The highest BCUT2D eigenvalue weighted by atomic mass is 35.5. The van der Waals surface area contributed by atoms with Crippen LogP contribution in [0.15, 0.2) is 24.3 Å². The van der Waals surface area contributed by atoms with E-state index in [1.165, 1.54) is 0 Å². The van der Waals surface area contributed by atoms with Crippen molar-refractivity contribution in [1.82, 2.24) is 5.32 Å². The van der Waals surface area contributed by atoms with E-state index in [-0.39, 0.29) is 30.8 Å². The van der Waals surface area contributed by atoms with Gasteiger partial charge in [0.1, 0.15) is 0 Å². The molecular weight excluding hydrogens is 278 g/mol. The zero-order chi connectivity index (χ0) is 14.5. The van der Waals surface area contributed by atoms with Gasteiger partial charge in [-0.25, -0.2) is 0 Å². The lowest BCUT2D eigenvalue weighted by Crippen LogP contribution is -2.37. The maximum Gasteiger partial charge on any atom is 0.251 e. The van der Waals surface area contributed by atoms with Crippen LogP contribution in [0.3, 0.4) is 0 Å². The normalized spacial score (nSPS) is 10.4. The molecule has 20 heavy (non-hydrogen) atoms. The predicted molar refractivity (Wildman–Crippen MR) is 83.2 cm³/mol.